The van der Waals surface area contributed by atoms with E-state index in [9.17, 15) is 14.4 Å². The van der Waals surface area contributed by atoms with E-state index in [-0.39, 0.29) is 67.1 Å². The van der Waals surface area contributed by atoms with E-state index in [1.54, 1.807) is 0 Å². The lowest BCUT2D eigenvalue weighted by Gasteiger charge is -2.28. The van der Waals surface area contributed by atoms with Crippen LogP contribution in [-0.2, 0) is 71.7 Å². The van der Waals surface area contributed by atoms with Crippen LogP contribution in [0.1, 0.15) is 61.1 Å². The van der Waals surface area contributed by atoms with Gasteiger partial charge in [-0.2, -0.15) is 0 Å². The number of hydrogen-bond donors (Lipinski definition) is 0. The third-order valence-corrected chi connectivity index (χ3v) is 14.0. The summed E-state index contributed by atoms with van der Waals surface area (Å²) in [6.45, 7) is 27.5. The topological polar surface area (TPSA) is 178 Å². The summed E-state index contributed by atoms with van der Waals surface area (Å²) >= 11 is 0. The molecule has 0 saturated carbocycles. The monoisotopic (exact) mass is 1040 g/mol. The van der Waals surface area contributed by atoms with Gasteiger partial charge >= 0.3 is 17.1 Å². The fourth-order valence-electron chi connectivity index (χ4n) is 8.55. The van der Waals surface area contributed by atoms with Crippen LogP contribution in [0.15, 0.2) is 137 Å². The zero-order valence-electron chi connectivity index (χ0n) is 44.2. The Labute approximate surface area is 444 Å². The van der Waals surface area contributed by atoms with E-state index in [0.29, 0.717) is 39.6 Å². The van der Waals surface area contributed by atoms with Crippen molar-refractivity contribution in [3.8, 4) is 23.0 Å². The average Bonchev–Trinajstić information content (AvgIpc) is 4.21. The zero-order chi connectivity index (χ0) is 53.4. The molecule has 0 N–H and O–H groups in total. The summed E-state index contributed by atoms with van der Waals surface area (Å²) in [6, 6.07) is 29.7. The molecule has 404 valence electrons. The molecule has 0 amide bonds. The van der Waals surface area contributed by atoms with Crippen molar-refractivity contribution in [2.24, 2.45) is 0 Å². The van der Waals surface area contributed by atoms with E-state index in [4.69, 9.17) is 47.4 Å². The van der Waals surface area contributed by atoms with Gasteiger partial charge in [0.1, 0.15) is 73.8 Å². The Morgan fingerprint density at radius 3 is 1.09 bits per heavy atom. The Morgan fingerprint density at radius 2 is 0.763 bits per heavy atom. The molecule has 11 rings (SSSR count). The fraction of sp³-hybridized carbons (Fsp3) is 0.450. The number of benzene rings is 4. The van der Waals surface area contributed by atoms with Gasteiger partial charge in [0.15, 0.2) is 0 Å². The first-order chi connectivity index (χ1) is 36.7. The largest absolute Gasteiger partial charge is 0.491 e. The van der Waals surface area contributed by atoms with Crippen molar-refractivity contribution in [3.05, 3.63) is 188 Å². The van der Waals surface area contributed by atoms with Gasteiger partial charge in [-0.3, -0.25) is 0 Å². The number of rotatable bonds is 26. The standard InChI is InChI=1S/C27H32O4.C21H24O4.C12H15N3O5/c1-5-7-19-13-21(9-11-25(19)30-17-23-15-28-23)27(3,4)22-10-12-26(20(14-22)8-6-2)31-18-24-16-29-24;1-21(2,15-3-7-17(8-4-15)22-11-19-13-24-19)16-5-9-18(10-6-16)23-12-20-14-25-20;1-2-3-13-10(16)14(4-8-6-19-8)12(18)15(11(13)17)5-9-7-20-9/h5-6,9-14,23-24H,1-2,7-8,15-18H2,3-4H3;3-10,19-20H,11-14H2,1-2H3;2,8-9H,1,3-7H2. The highest BCUT2D eigenvalue weighted by atomic mass is 16.6. The van der Waals surface area contributed by atoms with Gasteiger partial charge in [0.2, 0.25) is 0 Å². The van der Waals surface area contributed by atoms with Crippen molar-refractivity contribution in [1.29, 1.82) is 0 Å². The molecule has 6 unspecified atom stereocenters. The molecule has 76 heavy (non-hydrogen) atoms. The predicted molar refractivity (Wildman–Crippen MR) is 288 cm³/mol. The molecule has 6 saturated heterocycles. The highest BCUT2D eigenvalue weighted by Gasteiger charge is 2.31. The minimum absolute atomic E-state index is 0.0645. The Hall–Kier alpha value is -6.53. The molecule has 0 spiro atoms. The van der Waals surface area contributed by atoms with Crippen molar-refractivity contribution in [2.75, 3.05) is 66.1 Å². The number of allylic oxidation sites excluding steroid dienone is 3. The molecule has 16 nitrogen and oxygen atoms in total. The molecular formula is C60H71N3O13. The molecule has 6 fully saturated rings. The predicted octanol–water partition coefficient (Wildman–Crippen LogP) is 6.75. The number of ether oxygens (including phenoxy) is 10. The van der Waals surface area contributed by atoms with E-state index in [1.807, 2.05) is 36.4 Å². The molecule has 6 aliphatic heterocycles. The Bertz CT molecular complexity index is 2800. The molecule has 1 aromatic heterocycles. The second-order valence-electron chi connectivity index (χ2n) is 20.9. The summed E-state index contributed by atoms with van der Waals surface area (Å²) in [5.41, 5.74) is 5.17. The van der Waals surface area contributed by atoms with Gasteiger partial charge < -0.3 is 47.4 Å². The first kappa shape index (κ1) is 54.3. The lowest BCUT2D eigenvalue weighted by Crippen LogP contribution is -2.55. The lowest BCUT2D eigenvalue weighted by molar-refractivity contribution is 0.261. The van der Waals surface area contributed by atoms with Crippen molar-refractivity contribution in [1.82, 2.24) is 13.7 Å². The van der Waals surface area contributed by atoms with Crippen molar-refractivity contribution in [2.45, 2.75) is 108 Å². The molecular weight excluding hydrogens is 971 g/mol. The van der Waals surface area contributed by atoms with Crippen molar-refractivity contribution < 1.29 is 47.4 Å². The summed E-state index contributed by atoms with van der Waals surface area (Å²) in [5, 5.41) is 0. The van der Waals surface area contributed by atoms with E-state index in [1.165, 1.54) is 28.3 Å². The second-order valence-corrected chi connectivity index (χ2v) is 20.9. The van der Waals surface area contributed by atoms with Crippen LogP contribution in [0.4, 0.5) is 0 Å². The summed E-state index contributed by atoms with van der Waals surface area (Å²) in [6.07, 6.45) is 7.61. The normalized spacial score (nSPS) is 21.3. The minimum atomic E-state index is -0.622. The van der Waals surface area contributed by atoms with Crippen molar-refractivity contribution >= 4 is 0 Å². The van der Waals surface area contributed by atoms with Crippen LogP contribution in [-0.4, -0.2) is 116 Å². The van der Waals surface area contributed by atoms with Crippen LogP contribution in [0.5, 0.6) is 23.0 Å². The smallest absolute Gasteiger partial charge is 0.336 e. The number of aromatic nitrogens is 3. The summed E-state index contributed by atoms with van der Waals surface area (Å²) in [4.78, 5) is 36.7. The van der Waals surface area contributed by atoms with Gasteiger partial charge in [-0.1, -0.05) is 94.5 Å². The molecule has 0 aliphatic carbocycles. The van der Waals surface area contributed by atoms with E-state index in [0.717, 1.165) is 87.1 Å². The maximum absolute atomic E-state index is 12.3. The molecule has 0 bridgehead atoms. The molecule has 7 heterocycles. The maximum Gasteiger partial charge on any atom is 0.336 e. The van der Waals surface area contributed by atoms with E-state index < -0.39 is 17.1 Å². The Balaban J connectivity index is 0.000000143. The van der Waals surface area contributed by atoms with Crippen LogP contribution < -0.4 is 36.0 Å². The summed E-state index contributed by atoms with van der Waals surface area (Å²) in [5.74, 6) is 3.60. The average molecular weight is 1040 g/mol. The van der Waals surface area contributed by atoms with Gasteiger partial charge in [0, 0.05) is 10.8 Å². The molecule has 4 aromatic carbocycles. The Kier molecular flexibility index (Phi) is 17.3. The molecule has 5 aromatic rings. The van der Waals surface area contributed by atoms with E-state index >= 15 is 0 Å². The van der Waals surface area contributed by atoms with Crippen LogP contribution in [0.3, 0.4) is 0 Å². The summed E-state index contributed by atoms with van der Waals surface area (Å²) in [7, 11) is 0. The van der Waals surface area contributed by atoms with Gasteiger partial charge in [-0.15, -0.1) is 19.7 Å². The SMILES string of the molecule is C=CCc1cc(C(C)(C)c2ccc(OCC3CO3)c(CC=C)c2)ccc1OCC1CO1.C=CCn1c(=O)n(CC2CO2)c(=O)n(CC2CO2)c1=O.CC(C)(c1ccc(OCC2CO2)cc1)c1ccc(OCC2CO2)cc1. The number of nitrogens with zero attached hydrogens (tertiary/aromatic N) is 3. The Morgan fingerprint density at radius 1 is 0.447 bits per heavy atom. The number of epoxide rings is 6. The number of hydrogen-bond acceptors (Lipinski definition) is 13. The van der Waals surface area contributed by atoms with Gasteiger partial charge in [-0.25, -0.2) is 28.1 Å². The highest BCUT2D eigenvalue weighted by Crippen LogP contribution is 2.38. The first-order valence-corrected chi connectivity index (χ1v) is 26.2. The molecule has 0 radical (unpaired) electrons. The van der Waals surface area contributed by atoms with Crippen LogP contribution in [0.25, 0.3) is 0 Å². The van der Waals surface area contributed by atoms with Gasteiger partial charge in [0.05, 0.1) is 71.5 Å². The van der Waals surface area contributed by atoms with Crippen LogP contribution >= 0.6 is 0 Å². The quantitative estimate of drug-likeness (QED) is 0.0420. The molecule has 6 aliphatic rings. The van der Waals surface area contributed by atoms with Gasteiger partial charge in [-0.05, 0) is 82.6 Å². The fourth-order valence-corrected chi connectivity index (χ4v) is 8.55. The lowest BCUT2D eigenvalue weighted by atomic mass is 9.77. The van der Waals surface area contributed by atoms with Gasteiger partial charge in [0.25, 0.3) is 0 Å². The van der Waals surface area contributed by atoms with E-state index in [2.05, 4.69) is 108 Å². The molecule has 6 atom stereocenters. The zero-order valence-corrected chi connectivity index (χ0v) is 44.2. The van der Waals surface area contributed by atoms with Crippen LogP contribution in [0, 0.1) is 0 Å². The minimum Gasteiger partial charge on any atom is -0.491 e. The summed E-state index contributed by atoms with van der Waals surface area (Å²) < 4.78 is 57.5. The highest BCUT2D eigenvalue weighted by molar-refractivity contribution is 5.49. The van der Waals surface area contributed by atoms with Crippen LogP contribution in [0.2, 0.25) is 0 Å². The third-order valence-electron chi connectivity index (χ3n) is 14.0. The van der Waals surface area contributed by atoms with Crippen molar-refractivity contribution in [3.63, 3.8) is 0 Å². The maximum atomic E-state index is 12.3. The molecule has 16 heteroatoms. The third kappa shape index (κ3) is 14.7. The first-order valence-electron chi connectivity index (χ1n) is 26.2. The second kappa shape index (κ2) is 24.2.